The molecule has 0 radical (unpaired) electrons. The second kappa shape index (κ2) is 4.72. The molecule has 3 rings (SSSR count). The molecule has 1 fully saturated rings. The van der Waals surface area contributed by atoms with Crippen LogP contribution in [0.5, 0.6) is 5.88 Å². The maximum Gasteiger partial charge on any atom is 0.256 e. The lowest BCUT2D eigenvalue weighted by molar-refractivity contribution is 0.236. The molecule has 0 spiro atoms. The number of rotatable bonds is 3. The van der Waals surface area contributed by atoms with Gasteiger partial charge < -0.3 is 4.74 Å². The first-order valence-electron chi connectivity index (χ1n) is 6.24. The summed E-state index contributed by atoms with van der Waals surface area (Å²) in [6.45, 7) is 2.61. The fourth-order valence-electron chi connectivity index (χ4n) is 2.42. The molecular weight excluding hydrogens is 252 g/mol. The summed E-state index contributed by atoms with van der Waals surface area (Å²) in [7, 11) is 0. The van der Waals surface area contributed by atoms with E-state index in [4.69, 9.17) is 16.3 Å². The Bertz CT molecular complexity index is 562. The van der Waals surface area contributed by atoms with Crippen LogP contribution in [0.3, 0.4) is 0 Å². The van der Waals surface area contributed by atoms with E-state index in [1.807, 2.05) is 6.92 Å². The van der Waals surface area contributed by atoms with Crippen molar-refractivity contribution in [1.82, 2.24) is 19.6 Å². The minimum atomic E-state index is 0.428. The molecule has 0 saturated heterocycles. The average Bonchev–Trinajstić information content (AvgIpc) is 3.00. The van der Waals surface area contributed by atoms with E-state index in [9.17, 15) is 0 Å². The van der Waals surface area contributed by atoms with Crippen molar-refractivity contribution in [3.63, 3.8) is 0 Å². The lowest BCUT2D eigenvalue weighted by atomic mass is 10.1. The van der Waals surface area contributed by atoms with E-state index < -0.39 is 0 Å². The van der Waals surface area contributed by atoms with E-state index >= 15 is 0 Å². The summed E-state index contributed by atoms with van der Waals surface area (Å²) in [5.41, 5.74) is 0.813. The topological polar surface area (TPSA) is 52.3 Å². The van der Waals surface area contributed by atoms with Gasteiger partial charge in [-0.3, -0.25) is 0 Å². The van der Waals surface area contributed by atoms with Gasteiger partial charge in [0.05, 0.1) is 6.61 Å². The minimum Gasteiger partial charge on any atom is -0.477 e. The van der Waals surface area contributed by atoms with Gasteiger partial charge in [-0.25, -0.2) is 0 Å². The summed E-state index contributed by atoms with van der Waals surface area (Å²) in [6.07, 6.45) is 6.57. The molecule has 1 aliphatic carbocycles. The highest BCUT2D eigenvalue weighted by atomic mass is 35.5. The molecule has 0 bridgehead atoms. The fourth-order valence-corrected chi connectivity index (χ4v) is 2.57. The highest BCUT2D eigenvalue weighted by Crippen LogP contribution is 2.28. The molecule has 0 aromatic carbocycles. The van der Waals surface area contributed by atoms with Crippen LogP contribution >= 0.6 is 11.6 Å². The van der Waals surface area contributed by atoms with Crippen LogP contribution in [0.25, 0.3) is 5.78 Å². The van der Waals surface area contributed by atoms with Crippen molar-refractivity contribution in [2.45, 2.75) is 32.6 Å². The predicted molar refractivity (Wildman–Crippen MR) is 68.0 cm³/mol. The number of hydrogen-bond donors (Lipinski definition) is 0. The molecule has 2 heterocycles. The number of halogens is 1. The van der Waals surface area contributed by atoms with Gasteiger partial charge in [-0.05, 0) is 25.7 Å². The molecule has 6 heteroatoms. The van der Waals surface area contributed by atoms with E-state index in [1.54, 1.807) is 4.52 Å². The van der Waals surface area contributed by atoms with Crippen molar-refractivity contribution in [3.05, 3.63) is 17.0 Å². The standard InChI is InChI=1S/C12H15ClN4O/c1-8-10(13)16-12-14-7-15-17(12)11(8)18-6-9-4-2-3-5-9/h7,9H,2-6H2,1H3. The van der Waals surface area contributed by atoms with Gasteiger partial charge in [-0.15, -0.1) is 0 Å². The normalized spacial score (nSPS) is 16.6. The molecule has 1 aliphatic rings. The summed E-state index contributed by atoms with van der Waals surface area (Å²) in [6, 6.07) is 0. The monoisotopic (exact) mass is 266 g/mol. The molecule has 0 amide bonds. The van der Waals surface area contributed by atoms with Crippen molar-refractivity contribution in [2.24, 2.45) is 5.92 Å². The Morgan fingerprint density at radius 2 is 2.22 bits per heavy atom. The fraction of sp³-hybridized carbons (Fsp3) is 0.583. The minimum absolute atomic E-state index is 0.428. The zero-order chi connectivity index (χ0) is 12.5. The lowest BCUT2D eigenvalue weighted by Crippen LogP contribution is -2.12. The van der Waals surface area contributed by atoms with Crippen LogP contribution in [0.1, 0.15) is 31.2 Å². The van der Waals surface area contributed by atoms with Gasteiger partial charge in [0.2, 0.25) is 5.88 Å². The Balaban J connectivity index is 1.89. The highest BCUT2D eigenvalue weighted by molar-refractivity contribution is 6.30. The predicted octanol–water partition coefficient (Wildman–Crippen LogP) is 2.66. The summed E-state index contributed by atoms with van der Waals surface area (Å²) >= 11 is 6.07. The van der Waals surface area contributed by atoms with Crippen LogP contribution in [-0.4, -0.2) is 26.2 Å². The summed E-state index contributed by atoms with van der Waals surface area (Å²) < 4.78 is 7.52. The third-order valence-corrected chi connectivity index (χ3v) is 3.85. The van der Waals surface area contributed by atoms with Gasteiger partial charge in [-0.2, -0.15) is 19.6 Å². The smallest absolute Gasteiger partial charge is 0.256 e. The number of nitrogens with zero attached hydrogens (tertiary/aromatic N) is 4. The van der Waals surface area contributed by atoms with Crippen molar-refractivity contribution >= 4 is 17.4 Å². The molecule has 5 nitrogen and oxygen atoms in total. The van der Waals surface area contributed by atoms with Crippen LogP contribution in [0.4, 0.5) is 0 Å². The van der Waals surface area contributed by atoms with E-state index in [2.05, 4.69) is 15.1 Å². The first kappa shape index (κ1) is 11.7. The van der Waals surface area contributed by atoms with Gasteiger partial charge in [0.1, 0.15) is 11.5 Å². The first-order chi connectivity index (χ1) is 8.75. The van der Waals surface area contributed by atoms with E-state index in [1.165, 1.54) is 32.0 Å². The molecule has 2 aromatic rings. The Labute approximate surface area is 110 Å². The number of hydrogen-bond acceptors (Lipinski definition) is 4. The molecule has 0 unspecified atom stereocenters. The van der Waals surface area contributed by atoms with Crippen molar-refractivity contribution in [1.29, 1.82) is 0 Å². The van der Waals surface area contributed by atoms with Gasteiger partial charge in [0.25, 0.3) is 5.78 Å². The van der Waals surface area contributed by atoms with Gasteiger partial charge >= 0.3 is 0 Å². The summed E-state index contributed by atoms with van der Waals surface area (Å²) in [5.74, 6) is 1.79. The second-order valence-electron chi connectivity index (χ2n) is 4.77. The van der Waals surface area contributed by atoms with Gasteiger partial charge in [0, 0.05) is 5.56 Å². The van der Waals surface area contributed by atoms with Crippen LogP contribution in [0.2, 0.25) is 5.15 Å². The van der Waals surface area contributed by atoms with Gasteiger partial charge in [-0.1, -0.05) is 24.4 Å². The quantitative estimate of drug-likeness (QED) is 0.802. The zero-order valence-electron chi connectivity index (χ0n) is 10.3. The zero-order valence-corrected chi connectivity index (χ0v) is 11.0. The molecule has 96 valence electrons. The third-order valence-electron chi connectivity index (χ3n) is 3.48. The highest BCUT2D eigenvalue weighted by Gasteiger charge is 2.18. The van der Waals surface area contributed by atoms with Gasteiger partial charge in [0.15, 0.2) is 0 Å². The molecule has 0 aliphatic heterocycles. The second-order valence-corrected chi connectivity index (χ2v) is 5.12. The van der Waals surface area contributed by atoms with Crippen LogP contribution in [0.15, 0.2) is 6.33 Å². The largest absolute Gasteiger partial charge is 0.477 e. The Morgan fingerprint density at radius 1 is 1.44 bits per heavy atom. The molecular formula is C12H15ClN4O. The lowest BCUT2D eigenvalue weighted by Gasteiger charge is -2.14. The average molecular weight is 267 g/mol. The maximum atomic E-state index is 6.07. The van der Waals surface area contributed by atoms with Crippen molar-refractivity contribution in [2.75, 3.05) is 6.61 Å². The first-order valence-corrected chi connectivity index (χ1v) is 6.62. The maximum absolute atomic E-state index is 6.07. The van der Waals surface area contributed by atoms with Crippen LogP contribution < -0.4 is 4.74 Å². The van der Waals surface area contributed by atoms with Crippen LogP contribution in [-0.2, 0) is 0 Å². The molecule has 0 atom stereocenters. The van der Waals surface area contributed by atoms with Crippen molar-refractivity contribution in [3.8, 4) is 5.88 Å². The Kier molecular flexibility index (Phi) is 3.07. The van der Waals surface area contributed by atoms with Crippen LogP contribution in [0, 0.1) is 12.8 Å². The number of fused-ring (bicyclic) bond motifs is 1. The molecule has 18 heavy (non-hydrogen) atoms. The number of aromatic nitrogens is 4. The third kappa shape index (κ3) is 2.03. The Morgan fingerprint density at radius 3 is 3.00 bits per heavy atom. The van der Waals surface area contributed by atoms with E-state index in [-0.39, 0.29) is 0 Å². The molecule has 2 aromatic heterocycles. The molecule has 1 saturated carbocycles. The number of ether oxygens (including phenoxy) is 1. The SMILES string of the molecule is Cc1c(Cl)nc2ncnn2c1OCC1CCCC1. The summed E-state index contributed by atoms with van der Waals surface area (Å²) in [4.78, 5) is 8.19. The van der Waals surface area contributed by atoms with E-state index in [0.717, 1.165) is 12.2 Å². The van der Waals surface area contributed by atoms with Crippen molar-refractivity contribution < 1.29 is 4.74 Å². The molecule has 0 N–H and O–H groups in total. The summed E-state index contributed by atoms with van der Waals surface area (Å²) in [5, 5.41) is 4.55. The Hall–Kier alpha value is -1.36. The van der Waals surface area contributed by atoms with E-state index in [0.29, 0.717) is 22.7 Å².